The van der Waals surface area contributed by atoms with Crippen LogP contribution in [0.2, 0.25) is 0 Å². The van der Waals surface area contributed by atoms with Gasteiger partial charge in [0.2, 0.25) is 0 Å². The van der Waals surface area contributed by atoms with Gasteiger partial charge in [-0.15, -0.1) is 0 Å². The molecule has 0 saturated carbocycles. The predicted molar refractivity (Wildman–Crippen MR) is 129 cm³/mol. The lowest BCUT2D eigenvalue weighted by Crippen LogP contribution is -2.50. The highest BCUT2D eigenvalue weighted by atomic mass is 16.9. The largest absolute Gasteiger partial charge is 0.453 e. The van der Waals surface area contributed by atoms with Gasteiger partial charge in [-0.1, -0.05) is 36.4 Å². The van der Waals surface area contributed by atoms with E-state index in [0.29, 0.717) is 11.1 Å². The first kappa shape index (κ1) is 25.4. The third-order valence-electron chi connectivity index (χ3n) is 6.88. The van der Waals surface area contributed by atoms with Gasteiger partial charge in [0.05, 0.1) is 11.1 Å². The molecule has 0 aromatic heterocycles. The van der Waals surface area contributed by atoms with Crippen LogP contribution in [0.5, 0.6) is 0 Å². The van der Waals surface area contributed by atoms with Crippen LogP contribution in [0.3, 0.4) is 0 Å². The Morgan fingerprint density at radius 3 is 1.32 bits per heavy atom. The molecule has 0 unspecified atom stereocenters. The fraction of sp³-hybridized carbons (Fsp3) is 0.500. The summed E-state index contributed by atoms with van der Waals surface area (Å²) < 4.78 is 48.4. The molecule has 0 spiro atoms. The van der Waals surface area contributed by atoms with Crippen LogP contribution in [0.25, 0.3) is 0 Å². The number of esters is 2. The van der Waals surface area contributed by atoms with E-state index < -0.39 is 72.7 Å². The number of rotatable bonds is 5. The predicted octanol–water partition coefficient (Wildman–Crippen LogP) is 3.19. The molecule has 10 heteroatoms. The lowest BCUT2D eigenvalue weighted by Gasteiger charge is -2.32. The summed E-state index contributed by atoms with van der Waals surface area (Å²) >= 11 is 0. The highest BCUT2D eigenvalue weighted by Crippen LogP contribution is 2.46. The lowest BCUT2D eigenvalue weighted by atomic mass is 9.99. The molecule has 4 aliphatic rings. The molecule has 6 rings (SSSR count). The summed E-state index contributed by atoms with van der Waals surface area (Å²) in [5.41, 5.74) is 0.745. The summed E-state index contributed by atoms with van der Waals surface area (Å²) in [4.78, 5) is 26.2. The molecule has 2 aromatic rings. The van der Waals surface area contributed by atoms with E-state index in [0.717, 1.165) is 0 Å². The van der Waals surface area contributed by atoms with Gasteiger partial charge in [-0.25, -0.2) is 9.59 Å². The fourth-order valence-electron chi connectivity index (χ4n) is 5.34. The Balaban J connectivity index is 1.30. The fourth-order valence-corrected chi connectivity index (χ4v) is 5.34. The van der Waals surface area contributed by atoms with Crippen LogP contribution in [0.1, 0.15) is 48.4 Å². The SMILES string of the molecule is CC1(C)O[C@H]2O[C@H]([C@@H]3O[C@@H]4OC(C)(C)O[C@@H]4[C@@H]3OC(=O)c3ccccc3)[C@@H](OC(=O)c3ccccc3)[C@H]2O1. The maximum atomic E-state index is 13.1. The number of hydrogen-bond donors (Lipinski definition) is 0. The molecule has 8 atom stereocenters. The topological polar surface area (TPSA) is 108 Å². The van der Waals surface area contributed by atoms with Crippen LogP contribution < -0.4 is 0 Å². The van der Waals surface area contributed by atoms with Crippen molar-refractivity contribution in [2.75, 3.05) is 0 Å². The second-order valence-electron chi connectivity index (χ2n) is 10.6. The van der Waals surface area contributed by atoms with Crippen molar-refractivity contribution < 1.29 is 47.5 Å². The standard InChI is InChI=1S/C28H30O10/c1-27(2)35-21-19(31-23(29)15-11-7-5-8-12-15)17(33-25(21)37-27)18-20(22-26(34-18)38-28(3,4)36-22)32-24(30)16-13-9-6-10-14-16/h5-14,17-22,25-26H,1-4H3/t17-,18+,19-,20-,21-,22-,25-,26-/m1/s1. The van der Waals surface area contributed by atoms with E-state index in [-0.39, 0.29) is 0 Å². The van der Waals surface area contributed by atoms with Crippen LogP contribution in [0.4, 0.5) is 0 Å². The third kappa shape index (κ3) is 4.72. The third-order valence-corrected chi connectivity index (χ3v) is 6.88. The molecule has 0 N–H and O–H groups in total. The molecule has 38 heavy (non-hydrogen) atoms. The van der Waals surface area contributed by atoms with Gasteiger partial charge in [0.25, 0.3) is 0 Å². The first-order valence-corrected chi connectivity index (χ1v) is 12.6. The number of carbonyl (C=O) groups is 2. The molecule has 2 aromatic carbocycles. The highest BCUT2D eigenvalue weighted by Gasteiger charge is 2.65. The first-order chi connectivity index (χ1) is 18.1. The zero-order valence-electron chi connectivity index (χ0n) is 21.5. The Bertz CT molecular complexity index is 1090. The van der Waals surface area contributed by atoms with E-state index >= 15 is 0 Å². The van der Waals surface area contributed by atoms with E-state index in [1.165, 1.54) is 0 Å². The molecule has 0 radical (unpaired) electrons. The van der Waals surface area contributed by atoms with Crippen molar-refractivity contribution >= 4 is 11.9 Å². The summed E-state index contributed by atoms with van der Waals surface area (Å²) in [7, 11) is 0. The van der Waals surface area contributed by atoms with Crippen molar-refractivity contribution in [2.45, 2.75) is 88.5 Å². The monoisotopic (exact) mass is 526 g/mol. The van der Waals surface area contributed by atoms with Gasteiger partial charge in [0.1, 0.15) is 12.2 Å². The molecule has 0 bridgehead atoms. The summed E-state index contributed by atoms with van der Waals surface area (Å²) in [5.74, 6) is -2.99. The second-order valence-corrected chi connectivity index (χ2v) is 10.6. The summed E-state index contributed by atoms with van der Waals surface area (Å²) in [6.07, 6.45) is -6.75. The van der Waals surface area contributed by atoms with Crippen molar-refractivity contribution in [1.82, 2.24) is 0 Å². The number of fused-ring (bicyclic) bond motifs is 2. The van der Waals surface area contributed by atoms with Gasteiger partial charge in [-0.05, 0) is 52.0 Å². The molecule has 202 valence electrons. The van der Waals surface area contributed by atoms with Gasteiger partial charge >= 0.3 is 11.9 Å². The van der Waals surface area contributed by atoms with E-state index in [9.17, 15) is 9.59 Å². The smallest absolute Gasteiger partial charge is 0.338 e. The second kappa shape index (κ2) is 9.41. The van der Waals surface area contributed by atoms with Gasteiger partial charge < -0.3 is 37.9 Å². The summed E-state index contributed by atoms with van der Waals surface area (Å²) in [6, 6.07) is 17.2. The maximum absolute atomic E-state index is 13.1. The highest BCUT2D eigenvalue weighted by molar-refractivity contribution is 5.90. The number of carbonyl (C=O) groups excluding carboxylic acids is 2. The minimum absolute atomic E-state index is 0.373. The molecule has 0 aliphatic carbocycles. The lowest BCUT2D eigenvalue weighted by molar-refractivity contribution is -0.256. The average Bonchev–Trinajstić information content (AvgIpc) is 3.56. The first-order valence-electron chi connectivity index (χ1n) is 12.6. The van der Waals surface area contributed by atoms with Gasteiger partial charge in [0, 0.05) is 0 Å². The molecule has 4 fully saturated rings. The molecular formula is C28H30O10. The van der Waals surface area contributed by atoms with E-state index in [4.69, 9.17) is 37.9 Å². The van der Waals surface area contributed by atoms with Crippen LogP contribution in [-0.4, -0.2) is 72.7 Å². The Morgan fingerprint density at radius 2 is 0.947 bits per heavy atom. The van der Waals surface area contributed by atoms with Gasteiger partial charge in [-0.2, -0.15) is 0 Å². The van der Waals surface area contributed by atoms with Crippen molar-refractivity contribution in [3.8, 4) is 0 Å². The number of hydrogen-bond acceptors (Lipinski definition) is 10. The van der Waals surface area contributed by atoms with E-state index in [2.05, 4.69) is 0 Å². The molecule has 0 amide bonds. The van der Waals surface area contributed by atoms with Crippen molar-refractivity contribution in [2.24, 2.45) is 0 Å². The van der Waals surface area contributed by atoms with Crippen LogP contribution in [0, 0.1) is 0 Å². The zero-order valence-corrected chi connectivity index (χ0v) is 21.5. The van der Waals surface area contributed by atoms with Crippen LogP contribution in [-0.2, 0) is 37.9 Å². The van der Waals surface area contributed by atoms with Gasteiger partial charge in [0.15, 0.2) is 48.6 Å². The molecule has 10 nitrogen and oxygen atoms in total. The summed E-state index contributed by atoms with van der Waals surface area (Å²) in [6.45, 7) is 7.02. The molecule has 4 heterocycles. The number of benzene rings is 2. The molecule has 4 saturated heterocycles. The number of ether oxygens (including phenoxy) is 8. The molecule has 4 aliphatic heterocycles. The Labute approximate surface area is 220 Å². The Kier molecular flexibility index (Phi) is 6.29. The van der Waals surface area contributed by atoms with Crippen LogP contribution >= 0.6 is 0 Å². The van der Waals surface area contributed by atoms with E-state index in [1.54, 1.807) is 76.2 Å². The average molecular weight is 527 g/mol. The summed E-state index contributed by atoms with van der Waals surface area (Å²) in [5, 5.41) is 0. The maximum Gasteiger partial charge on any atom is 0.338 e. The van der Waals surface area contributed by atoms with E-state index in [1.807, 2.05) is 12.1 Å². The van der Waals surface area contributed by atoms with Crippen molar-refractivity contribution in [3.05, 3.63) is 71.8 Å². The Morgan fingerprint density at radius 1 is 0.579 bits per heavy atom. The van der Waals surface area contributed by atoms with Crippen LogP contribution in [0.15, 0.2) is 60.7 Å². The normalized spacial score (nSPS) is 36.4. The minimum Gasteiger partial charge on any atom is -0.453 e. The van der Waals surface area contributed by atoms with Crippen molar-refractivity contribution in [3.63, 3.8) is 0 Å². The van der Waals surface area contributed by atoms with Crippen molar-refractivity contribution in [1.29, 1.82) is 0 Å². The van der Waals surface area contributed by atoms with Gasteiger partial charge in [-0.3, -0.25) is 0 Å². The molecular weight excluding hydrogens is 496 g/mol. The zero-order chi connectivity index (χ0) is 26.7. The minimum atomic E-state index is -0.944. The quantitative estimate of drug-likeness (QED) is 0.539. The Hall–Kier alpha value is -2.86.